The summed E-state index contributed by atoms with van der Waals surface area (Å²) >= 11 is 0. The smallest absolute Gasteiger partial charge is 0.352 e. The van der Waals surface area contributed by atoms with Gasteiger partial charge in [0.05, 0.1) is 0 Å². The quantitative estimate of drug-likeness (QED) is 0.782. The highest BCUT2D eigenvalue weighted by molar-refractivity contribution is 5.94. The molecule has 5 nitrogen and oxygen atoms in total. The van der Waals surface area contributed by atoms with Crippen LogP contribution >= 0.6 is 0 Å². The van der Waals surface area contributed by atoms with E-state index in [1.807, 2.05) is 37.3 Å². The van der Waals surface area contributed by atoms with Crippen LogP contribution in [0.1, 0.15) is 19.4 Å². The third-order valence-electron chi connectivity index (χ3n) is 3.66. The maximum Gasteiger partial charge on any atom is 0.352 e. The summed E-state index contributed by atoms with van der Waals surface area (Å²) in [6.07, 6.45) is 1.55. The molecule has 0 aromatic heterocycles. The minimum absolute atomic E-state index is 0.0868. The van der Waals surface area contributed by atoms with Gasteiger partial charge in [0.1, 0.15) is 11.4 Å². The number of hydrogen-bond donors (Lipinski definition) is 3. The Morgan fingerprint density at radius 1 is 1.10 bits per heavy atom. The third-order valence-corrected chi connectivity index (χ3v) is 3.66. The Morgan fingerprint density at radius 3 is 2.20 bits per heavy atom. The number of benzene rings is 1. The summed E-state index contributed by atoms with van der Waals surface area (Å²) in [7, 11) is 0. The molecule has 1 atom stereocenters. The van der Waals surface area contributed by atoms with Crippen LogP contribution in [-0.2, 0) is 15.0 Å². The minimum atomic E-state index is -1.18. The summed E-state index contributed by atoms with van der Waals surface area (Å²) < 4.78 is 0. The van der Waals surface area contributed by atoms with E-state index in [1.165, 1.54) is 0 Å². The minimum Gasteiger partial charge on any atom is -0.477 e. The molecule has 0 saturated heterocycles. The number of hydrogen-bond acceptors (Lipinski definition) is 3. The lowest BCUT2D eigenvalue weighted by atomic mass is 9.73. The van der Waals surface area contributed by atoms with Crippen molar-refractivity contribution in [3.8, 4) is 0 Å². The fraction of sp³-hybridized carbons (Fsp3) is 0.200. The van der Waals surface area contributed by atoms with Crippen LogP contribution in [0.4, 0.5) is 0 Å². The van der Waals surface area contributed by atoms with Gasteiger partial charge in [-0.25, -0.2) is 9.59 Å². The van der Waals surface area contributed by atoms with E-state index in [0.29, 0.717) is 5.57 Å². The van der Waals surface area contributed by atoms with E-state index < -0.39 is 17.4 Å². The zero-order valence-electron chi connectivity index (χ0n) is 11.2. The molecule has 1 aromatic carbocycles. The van der Waals surface area contributed by atoms with Crippen LogP contribution in [0.5, 0.6) is 0 Å². The van der Waals surface area contributed by atoms with E-state index in [2.05, 4.69) is 5.32 Å². The fourth-order valence-electron chi connectivity index (χ4n) is 2.33. The first kappa shape index (κ1) is 13.9. The van der Waals surface area contributed by atoms with Gasteiger partial charge in [0.2, 0.25) is 0 Å². The molecule has 0 radical (unpaired) electrons. The van der Waals surface area contributed by atoms with E-state index in [-0.39, 0.29) is 11.4 Å². The number of rotatable bonds is 3. The molecule has 1 aliphatic heterocycles. The van der Waals surface area contributed by atoms with E-state index in [0.717, 1.165) is 5.56 Å². The Hall–Kier alpha value is -2.56. The maximum atomic E-state index is 11.3. The molecule has 1 aliphatic rings. The highest BCUT2D eigenvalue weighted by Crippen LogP contribution is 2.38. The lowest BCUT2D eigenvalue weighted by molar-refractivity contribution is -0.133. The number of dihydropyridines is 1. The number of allylic oxidation sites excluding steroid dienone is 2. The van der Waals surface area contributed by atoms with Gasteiger partial charge in [0, 0.05) is 5.41 Å². The van der Waals surface area contributed by atoms with Gasteiger partial charge in [0.15, 0.2) is 0 Å². The second kappa shape index (κ2) is 4.85. The van der Waals surface area contributed by atoms with E-state index in [4.69, 9.17) is 5.11 Å². The predicted octanol–water partition coefficient (Wildman–Crippen LogP) is 1.87. The zero-order valence-corrected chi connectivity index (χ0v) is 11.2. The van der Waals surface area contributed by atoms with Gasteiger partial charge in [-0.1, -0.05) is 30.3 Å². The van der Waals surface area contributed by atoms with E-state index in [1.54, 1.807) is 13.0 Å². The number of carboxylic acid groups (broad SMARTS) is 2. The van der Waals surface area contributed by atoms with Crippen molar-refractivity contribution in [2.45, 2.75) is 19.3 Å². The fourth-order valence-corrected chi connectivity index (χ4v) is 2.33. The van der Waals surface area contributed by atoms with Crippen LogP contribution in [0.15, 0.2) is 53.4 Å². The molecule has 0 fully saturated rings. The van der Waals surface area contributed by atoms with Crippen molar-refractivity contribution in [1.82, 2.24) is 5.32 Å². The zero-order chi connectivity index (χ0) is 14.9. The molecule has 5 heteroatoms. The number of aliphatic carboxylic acids is 2. The van der Waals surface area contributed by atoms with Crippen LogP contribution in [0.25, 0.3) is 0 Å². The summed E-state index contributed by atoms with van der Waals surface area (Å²) in [5, 5.41) is 20.9. The second-order valence-corrected chi connectivity index (χ2v) is 4.86. The van der Waals surface area contributed by atoms with Gasteiger partial charge < -0.3 is 15.5 Å². The predicted molar refractivity (Wildman–Crippen MR) is 73.0 cm³/mol. The first-order valence-electron chi connectivity index (χ1n) is 6.09. The molecular weight excluding hydrogens is 258 g/mol. The third kappa shape index (κ3) is 2.18. The largest absolute Gasteiger partial charge is 0.477 e. The molecule has 2 rings (SSSR count). The molecule has 104 valence electrons. The Bertz CT molecular complexity index is 631. The SMILES string of the molecule is CC1=C(C(=O)O)NC(C(=O)O)=CC1(C)c1ccccc1. The summed E-state index contributed by atoms with van der Waals surface area (Å²) in [6.45, 7) is 3.50. The Kier molecular flexibility index (Phi) is 3.36. The molecule has 3 N–H and O–H groups in total. The van der Waals surface area contributed by atoms with E-state index in [9.17, 15) is 14.7 Å². The van der Waals surface area contributed by atoms with Crippen molar-refractivity contribution in [2.75, 3.05) is 0 Å². The molecule has 20 heavy (non-hydrogen) atoms. The van der Waals surface area contributed by atoms with Crippen LogP contribution < -0.4 is 5.32 Å². The molecule has 0 saturated carbocycles. The van der Waals surface area contributed by atoms with Crippen LogP contribution in [0.2, 0.25) is 0 Å². The first-order valence-corrected chi connectivity index (χ1v) is 6.09. The van der Waals surface area contributed by atoms with Crippen molar-refractivity contribution in [1.29, 1.82) is 0 Å². The molecule has 0 spiro atoms. The van der Waals surface area contributed by atoms with Gasteiger partial charge in [-0.05, 0) is 31.1 Å². The van der Waals surface area contributed by atoms with Gasteiger partial charge in [-0.3, -0.25) is 0 Å². The standard InChI is InChI=1S/C15H15NO4/c1-9-12(14(19)20)16-11(13(17)18)8-15(9,2)10-6-4-3-5-7-10/h3-8,16H,1-2H3,(H,17,18)(H,19,20). The highest BCUT2D eigenvalue weighted by Gasteiger charge is 2.36. The molecule has 0 amide bonds. The van der Waals surface area contributed by atoms with Crippen molar-refractivity contribution in [2.24, 2.45) is 0 Å². The van der Waals surface area contributed by atoms with Gasteiger partial charge in [-0.15, -0.1) is 0 Å². The normalized spacial score (nSPS) is 22.0. The Labute approximate surface area is 116 Å². The Balaban J connectivity index is 2.66. The van der Waals surface area contributed by atoms with Crippen molar-refractivity contribution in [3.63, 3.8) is 0 Å². The van der Waals surface area contributed by atoms with Crippen molar-refractivity contribution in [3.05, 3.63) is 58.9 Å². The average molecular weight is 273 g/mol. The molecular formula is C15H15NO4. The summed E-state index contributed by atoms with van der Waals surface area (Å²) in [5.41, 5.74) is 0.432. The average Bonchev–Trinajstić information content (AvgIpc) is 2.42. The second-order valence-electron chi connectivity index (χ2n) is 4.86. The lowest BCUT2D eigenvalue weighted by Crippen LogP contribution is -2.37. The number of nitrogens with one attached hydrogen (secondary N) is 1. The summed E-state index contributed by atoms with van der Waals surface area (Å²) in [6, 6.07) is 9.23. The van der Waals surface area contributed by atoms with E-state index >= 15 is 0 Å². The topological polar surface area (TPSA) is 86.6 Å². The summed E-state index contributed by atoms with van der Waals surface area (Å²) in [4.78, 5) is 22.5. The van der Waals surface area contributed by atoms with Crippen LogP contribution in [0.3, 0.4) is 0 Å². The van der Waals surface area contributed by atoms with Gasteiger partial charge in [0.25, 0.3) is 0 Å². The highest BCUT2D eigenvalue weighted by atomic mass is 16.4. The molecule has 0 bridgehead atoms. The molecule has 1 aromatic rings. The molecule has 0 aliphatic carbocycles. The van der Waals surface area contributed by atoms with Crippen molar-refractivity contribution < 1.29 is 19.8 Å². The number of carbonyl (C=O) groups is 2. The Morgan fingerprint density at radius 2 is 1.70 bits per heavy atom. The molecule has 1 heterocycles. The lowest BCUT2D eigenvalue weighted by Gasteiger charge is -2.34. The first-order chi connectivity index (χ1) is 9.36. The van der Waals surface area contributed by atoms with Gasteiger partial charge in [-0.2, -0.15) is 0 Å². The molecule has 1 unspecified atom stereocenters. The van der Waals surface area contributed by atoms with Gasteiger partial charge >= 0.3 is 11.9 Å². The van der Waals surface area contributed by atoms with Crippen LogP contribution in [-0.4, -0.2) is 22.2 Å². The summed E-state index contributed by atoms with van der Waals surface area (Å²) in [5.74, 6) is -2.35. The number of carboxylic acids is 2. The maximum absolute atomic E-state index is 11.3. The monoisotopic (exact) mass is 273 g/mol. The van der Waals surface area contributed by atoms with Crippen LogP contribution in [0, 0.1) is 0 Å². The van der Waals surface area contributed by atoms with Crippen molar-refractivity contribution >= 4 is 11.9 Å².